The minimum atomic E-state index is -2.85. The maximum Gasteiger partial charge on any atom is 0.278 e. The Balaban J connectivity index is 0.990. The molecule has 3 aliphatic rings. The molecule has 1 unspecified atom stereocenters. The van der Waals surface area contributed by atoms with E-state index in [1.807, 2.05) is 6.07 Å². The van der Waals surface area contributed by atoms with Gasteiger partial charge < -0.3 is 11.1 Å². The van der Waals surface area contributed by atoms with Gasteiger partial charge in [-0.3, -0.25) is 39.4 Å². The molecule has 3 aromatic rings. The number of amides is 4. The zero-order chi connectivity index (χ0) is 31.7. The normalized spacial score (nSPS) is 22.1. The van der Waals surface area contributed by atoms with E-state index in [0.717, 1.165) is 30.6 Å². The van der Waals surface area contributed by atoms with Crippen molar-refractivity contribution < 1.29 is 28.0 Å². The van der Waals surface area contributed by atoms with E-state index in [4.69, 9.17) is 5.73 Å². The summed E-state index contributed by atoms with van der Waals surface area (Å²) >= 11 is 0. The number of imide groups is 2. The number of piperidine rings is 1. The Kier molecular flexibility index (Phi) is 8.33. The van der Waals surface area contributed by atoms with Gasteiger partial charge in [0.15, 0.2) is 0 Å². The van der Waals surface area contributed by atoms with Gasteiger partial charge in [0.25, 0.3) is 18.2 Å². The summed E-state index contributed by atoms with van der Waals surface area (Å²) < 4.78 is 27.0. The molecule has 45 heavy (non-hydrogen) atoms. The number of nitrogens with two attached hydrogens (primary N) is 1. The van der Waals surface area contributed by atoms with Gasteiger partial charge in [-0.25, -0.2) is 13.8 Å². The van der Waals surface area contributed by atoms with E-state index in [1.165, 1.54) is 12.4 Å². The van der Waals surface area contributed by atoms with Crippen molar-refractivity contribution in [1.82, 2.24) is 20.2 Å². The first-order chi connectivity index (χ1) is 21.7. The molecule has 1 saturated carbocycles. The van der Waals surface area contributed by atoms with Gasteiger partial charge in [-0.05, 0) is 68.4 Å². The van der Waals surface area contributed by atoms with Gasteiger partial charge in [0, 0.05) is 30.4 Å². The van der Waals surface area contributed by atoms with E-state index >= 15 is 0 Å². The average molecular weight is 616 g/mol. The van der Waals surface area contributed by atoms with Crippen LogP contribution in [0.25, 0.3) is 16.6 Å². The Bertz CT molecular complexity index is 1750. The molecular formula is C32H31F2N7O4. The van der Waals surface area contributed by atoms with Crippen LogP contribution >= 0.6 is 0 Å². The standard InChI is InChI=1S/C32H31F2N7O4/c33-29(34)28(35)22(25-16-38-23-5-1-2-6-24(23)39-25)15-37-19-12-17(13-19)4-3-11-36-18-7-8-20-21(14-18)32(45)41(31(20)44)26-9-10-27(42)40-30(26)43/h1-2,5-8,14-17,19,26,29,36H,3-4,9-13,35H2,(H,40,42,43). The number of carbonyl (C=O) groups excluding carboxylic acids is 4. The molecule has 0 spiro atoms. The first kappa shape index (κ1) is 30.0. The van der Waals surface area contributed by atoms with E-state index in [1.54, 1.807) is 36.4 Å². The molecule has 13 heteroatoms. The number of para-hydroxylation sites is 2. The Morgan fingerprint density at radius 2 is 1.84 bits per heavy atom. The van der Waals surface area contributed by atoms with Crippen molar-refractivity contribution in [3.63, 3.8) is 0 Å². The molecule has 1 saturated heterocycles. The molecule has 2 aliphatic heterocycles. The van der Waals surface area contributed by atoms with Crippen LogP contribution in [0.3, 0.4) is 0 Å². The van der Waals surface area contributed by atoms with E-state index in [-0.39, 0.29) is 41.3 Å². The third-order valence-corrected chi connectivity index (χ3v) is 8.45. The number of halogens is 2. The molecule has 1 aromatic heterocycles. The highest BCUT2D eigenvalue weighted by Gasteiger charge is 2.44. The second-order valence-electron chi connectivity index (χ2n) is 11.5. The minimum Gasteiger partial charge on any atom is -0.397 e. The second-order valence-corrected chi connectivity index (χ2v) is 11.5. The number of nitrogens with zero attached hydrogens (tertiary/aromatic N) is 4. The van der Waals surface area contributed by atoms with E-state index in [2.05, 4.69) is 25.6 Å². The monoisotopic (exact) mass is 615 g/mol. The van der Waals surface area contributed by atoms with Crippen molar-refractivity contribution in [3.05, 3.63) is 71.2 Å². The van der Waals surface area contributed by atoms with Gasteiger partial charge >= 0.3 is 0 Å². The number of benzene rings is 2. The van der Waals surface area contributed by atoms with Gasteiger partial charge in [0.05, 0.1) is 45.8 Å². The maximum atomic E-state index is 13.5. The summed E-state index contributed by atoms with van der Waals surface area (Å²) in [6, 6.07) is 11.1. The van der Waals surface area contributed by atoms with Crippen LogP contribution in [0.4, 0.5) is 14.5 Å². The summed E-state index contributed by atoms with van der Waals surface area (Å²) in [5.74, 6) is -1.71. The molecule has 4 amide bonds. The molecule has 6 rings (SSSR count). The van der Waals surface area contributed by atoms with E-state index < -0.39 is 41.8 Å². The molecule has 2 aromatic carbocycles. The minimum absolute atomic E-state index is 0.00409. The van der Waals surface area contributed by atoms with Crippen molar-refractivity contribution in [2.45, 2.75) is 57.0 Å². The van der Waals surface area contributed by atoms with Crippen molar-refractivity contribution in [3.8, 4) is 0 Å². The lowest BCUT2D eigenvalue weighted by Crippen LogP contribution is -2.54. The molecule has 1 aliphatic carbocycles. The highest BCUT2D eigenvalue weighted by molar-refractivity contribution is 6.23. The number of carbonyl (C=O) groups is 4. The number of aromatic nitrogens is 2. The largest absolute Gasteiger partial charge is 0.397 e. The lowest BCUT2D eigenvalue weighted by atomic mass is 9.78. The molecular weight excluding hydrogens is 584 g/mol. The summed E-state index contributed by atoms with van der Waals surface area (Å²) in [5, 5.41) is 5.48. The number of nitrogens with one attached hydrogen (secondary N) is 2. The van der Waals surface area contributed by atoms with Crippen LogP contribution in [0.5, 0.6) is 0 Å². The van der Waals surface area contributed by atoms with E-state index in [9.17, 15) is 28.0 Å². The van der Waals surface area contributed by atoms with Gasteiger partial charge in [-0.1, -0.05) is 12.1 Å². The lowest BCUT2D eigenvalue weighted by Gasteiger charge is -2.32. The topological polar surface area (TPSA) is 160 Å². The van der Waals surface area contributed by atoms with Crippen LogP contribution in [0.2, 0.25) is 0 Å². The molecule has 4 N–H and O–H groups in total. The fraction of sp³-hybridized carbons (Fsp3) is 0.344. The Morgan fingerprint density at radius 3 is 2.60 bits per heavy atom. The number of hydrogen-bond donors (Lipinski definition) is 3. The van der Waals surface area contributed by atoms with Crippen molar-refractivity contribution in [2.24, 2.45) is 16.6 Å². The average Bonchev–Trinajstić information content (AvgIpc) is 3.25. The summed E-state index contributed by atoms with van der Waals surface area (Å²) in [7, 11) is 0. The zero-order valence-electron chi connectivity index (χ0n) is 24.2. The Morgan fingerprint density at radius 1 is 1.09 bits per heavy atom. The maximum absolute atomic E-state index is 13.5. The number of hydrogen-bond acceptors (Lipinski definition) is 9. The number of rotatable bonds is 10. The highest BCUT2D eigenvalue weighted by atomic mass is 19.3. The number of aliphatic imine (C=N–C) groups is 1. The fourth-order valence-electron chi connectivity index (χ4n) is 5.94. The van der Waals surface area contributed by atoms with Gasteiger partial charge in [0.2, 0.25) is 11.8 Å². The number of alkyl halides is 2. The van der Waals surface area contributed by atoms with Crippen LogP contribution in [-0.4, -0.2) is 69.8 Å². The number of allylic oxidation sites excluding steroid dienone is 2. The van der Waals surface area contributed by atoms with Gasteiger partial charge in [-0.2, -0.15) is 0 Å². The van der Waals surface area contributed by atoms with Crippen LogP contribution < -0.4 is 16.4 Å². The van der Waals surface area contributed by atoms with Gasteiger partial charge in [-0.15, -0.1) is 0 Å². The van der Waals surface area contributed by atoms with Crippen LogP contribution in [0.1, 0.15) is 64.9 Å². The Labute approximate surface area is 257 Å². The Hall–Kier alpha value is -5.07. The fourth-order valence-corrected chi connectivity index (χ4v) is 5.94. The summed E-state index contributed by atoms with van der Waals surface area (Å²) in [6.07, 6.45) is 3.58. The summed E-state index contributed by atoms with van der Waals surface area (Å²) in [6.45, 7) is 0.640. The van der Waals surface area contributed by atoms with Crippen molar-refractivity contribution in [1.29, 1.82) is 0 Å². The van der Waals surface area contributed by atoms with Crippen molar-refractivity contribution in [2.75, 3.05) is 11.9 Å². The highest BCUT2D eigenvalue weighted by Crippen LogP contribution is 2.34. The molecule has 3 heterocycles. The molecule has 11 nitrogen and oxygen atoms in total. The zero-order valence-corrected chi connectivity index (χ0v) is 24.2. The van der Waals surface area contributed by atoms with Crippen LogP contribution in [-0.2, 0) is 9.59 Å². The van der Waals surface area contributed by atoms with Crippen LogP contribution in [0, 0.1) is 5.92 Å². The van der Waals surface area contributed by atoms with Gasteiger partial charge in [0.1, 0.15) is 6.04 Å². The number of fused-ring (bicyclic) bond motifs is 2. The first-order valence-corrected chi connectivity index (χ1v) is 14.8. The quantitative estimate of drug-likeness (QED) is 0.177. The van der Waals surface area contributed by atoms with Crippen LogP contribution in [0.15, 0.2) is 59.4 Å². The third-order valence-electron chi connectivity index (χ3n) is 8.45. The third kappa shape index (κ3) is 6.15. The molecule has 232 valence electrons. The number of anilines is 1. The summed E-state index contributed by atoms with van der Waals surface area (Å²) in [5.41, 5.74) is 7.84. The molecule has 0 radical (unpaired) electrons. The molecule has 0 bridgehead atoms. The van der Waals surface area contributed by atoms with Crippen molar-refractivity contribution >= 4 is 52.1 Å². The molecule has 2 fully saturated rings. The second kappa shape index (κ2) is 12.5. The SMILES string of the molecule is NC(=C(C=NC1CC(CCCNc2ccc3c(c2)C(=O)N(C2CCC(=O)NC2=O)C3=O)C1)c1cnc2ccccc2n1)C(F)F. The predicted molar refractivity (Wildman–Crippen MR) is 162 cm³/mol. The predicted octanol–water partition coefficient (Wildman–Crippen LogP) is 3.71. The smallest absolute Gasteiger partial charge is 0.278 e. The molecule has 1 atom stereocenters. The lowest BCUT2D eigenvalue weighted by molar-refractivity contribution is -0.136. The first-order valence-electron chi connectivity index (χ1n) is 14.8. The van der Waals surface area contributed by atoms with E-state index in [0.29, 0.717) is 29.2 Å². The summed E-state index contributed by atoms with van der Waals surface area (Å²) in [4.78, 5) is 63.9.